The fourth-order valence-corrected chi connectivity index (χ4v) is 0.289. The van der Waals surface area contributed by atoms with Crippen molar-refractivity contribution >= 4 is 6.21 Å². The molecule has 3 heteroatoms. The van der Waals surface area contributed by atoms with E-state index in [1.54, 1.807) is 0 Å². The van der Waals surface area contributed by atoms with Gasteiger partial charge in [-0.25, -0.2) is 0 Å². The largest absolute Gasteiger partial charge is 1.00 e. The summed E-state index contributed by atoms with van der Waals surface area (Å²) in [5.74, 6) is 0. The van der Waals surface area contributed by atoms with Crippen molar-refractivity contribution in [2.45, 2.75) is 0 Å². The predicted molar refractivity (Wildman–Crippen MR) is 21.6 cm³/mol. The first-order valence-corrected chi connectivity index (χ1v) is 1.62. The molecule has 0 aromatic heterocycles. The summed E-state index contributed by atoms with van der Waals surface area (Å²) in [4.78, 5) is 3.79. The predicted octanol–water partition coefficient (Wildman–Crippen LogP) is -2.59. The molecule has 0 fully saturated rings. The van der Waals surface area contributed by atoms with Gasteiger partial charge in [0.15, 0.2) is 0 Å². The normalized spacial score (nSPS) is 17.3. The Morgan fingerprint density at radius 3 is 2.67 bits per heavy atom. The zero-order valence-corrected chi connectivity index (χ0v) is 7.01. The summed E-state index contributed by atoms with van der Waals surface area (Å²) in [6.07, 6.45) is 1.82. The Bertz CT molecular complexity index is 46.8. The molecule has 1 aliphatic heterocycles. The molecule has 28 valence electrons. The first-order valence-electron chi connectivity index (χ1n) is 1.62. The molecule has 0 aromatic rings. The van der Waals surface area contributed by atoms with E-state index in [9.17, 15) is 0 Å². The molecule has 0 spiro atoms. The van der Waals surface area contributed by atoms with Crippen LogP contribution in [0, 0.1) is 0 Å². The van der Waals surface area contributed by atoms with Gasteiger partial charge in [-0.3, -0.25) is 0 Å². The van der Waals surface area contributed by atoms with Crippen LogP contribution < -0.4 is 51.4 Å². The van der Waals surface area contributed by atoms with Gasteiger partial charge >= 0.3 is 51.4 Å². The molecule has 0 aromatic carbocycles. The summed E-state index contributed by atoms with van der Waals surface area (Å²) < 4.78 is 0. The van der Waals surface area contributed by atoms with Gasteiger partial charge in [0.1, 0.15) is 0 Å². The maximum absolute atomic E-state index is 3.86. The van der Waals surface area contributed by atoms with E-state index in [-0.39, 0.29) is 51.4 Å². The van der Waals surface area contributed by atoms with Gasteiger partial charge in [0, 0.05) is 0 Å². The zero-order valence-electron chi connectivity index (χ0n) is 3.89. The van der Waals surface area contributed by atoms with E-state index < -0.39 is 0 Å². The molecule has 0 saturated heterocycles. The second kappa shape index (κ2) is 4.43. The molecule has 0 unspecified atom stereocenters. The van der Waals surface area contributed by atoms with E-state index in [1.807, 2.05) is 6.21 Å². The van der Waals surface area contributed by atoms with Crippen LogP contribution in [0.3, 0.4) is 0 Å². The Hall–Kier alpha value is 1.27. The SMILES string of the molecule is C1=NC[N-]C1.[K+]. The van der Waals surface area contributed by atoms with Gasteiger partial charge in [-0.05, 0) is 6.21 Å². The van der Waals surface area contributed by atoms with E-state index in [0.717, 1.165) is 6.54 Å². The van der Waals surface area contributed by atoms with Crippen molar-refractivity contribution in [2.75, 3.05) is 13.2 Å². The van der Waals surface area contributed by atoms with E-state index in [0.29, 0.717) is 6.67 Å². The van der Waals surface area contributed by atoms with Crippen molar-refractivity contribution in [2.24, 2.45) is 4.99 Å². The average Bonchev–Trinajstić information content (AvgIpc) is 1.76. The molecule has 6 heavy (non-hydrogen) atoms. The molecule has 0 bridgehead atoms. The fraction of sp³-hybridized carbons (Fsp3) is 0.667. The summed E-state index contributed by atoms with van der Waals surface area (Å²) in [5.41, 5.74) is 0. The Labute approximate surface area is 79.8 Å². The molecule has 2 nitrogen and oxygen atoms in total. The molecular weight excluding hydrogens is 103 g/mol. The van der Waals surface area contributed by atoms with Crippen LogP contribution in [0.15, 0.2) is 4.99 Å². The Morgan fingerprint density at radius 2 is 2.50 bits per heavy atom. The Balaban J connectivity index is 0.000000250. The molecule has 0 aliphatic carbocycles. The Kier molecular flexibility index (Phi) is 5.36. The van der Waals surface area contributed by atoms with Crippen molar-refractivity contribution in [3.8, 4) is 0 Å². The minimum absolute atomic E-state index is 0. The van der Waals surface area contributed by atoms with Gasteiger partial charge in [0.25, 0.3) is 0 Å². The van der Waals surface area contributed by atoms with Crippen LogP contribution in [0.1, 0.15) is 0 Å². The Morgan fingerprint density at radius 1 is 1.67 bits per heavy atom. The molecule has 0 saturated carbocycles. The monoisotopic (exact) mass is 108 g/mol. The number of hydrogen-bond donors (Lipinski definition) is 0. The van der Waals surface area contributed by atoms with Crippen molar-refractivity contribution in [1.82, 2.24) is 0 Å². The zero-order chi connectivity index (χ0) is 3.54. The topological polar surface area (TPSA) is 26.5 Å². The number of nitrogens with zero attached hydrogens (tertiary/aromatic N) is 2. The summed E-state index contributed by atoms with van der Waals surface area (Å²) in [7, 11) is 0. The van der Waals surface area contributed by atoms with Gasteiger partial charge in [-0.1, -0.05) is 6.67 Å². The quantitative estimate of drug-likeness (QED) is 0.304. The van der Waals surface area contributed by atoms with Gasteiger partial charge in [0.2, 0.25) is 0 Å². The maximum atomic E-state index is 3.86. The molecule has 0 N–H and O–H groups in total. The van der Waals surface area contributed by atoms with Crippen LogP contribution in [0.4, 0.5) is 0 Å². The van der Waals surface area contributed by atoms with Crippen LogP contribution in [0.2, 0.25) is 0 Å². The molecule has 1 rings (SSSR count). The summed E-state index contributed by atoms with van der Waals surface area (Å²) in [6.45, 7) is 1.53. The number of rotatable bonds is 0. The second-order valence-corrected chi connectivity index (χ2v) is 0.913. The van der Waals surface area contributed by atoms with Crippen LogP contribution in [0.5, 0.6) is 0 Å². The minimum atomic E-state index is 0. The van der Waals surface area contributed by atoms with E-state index in [4.69, 9.17) is 0 Å². The summed E-state index contributed by atoms with van der Waals surface area (Å²) in [5, 5.41) is 3.86. The summed E-state index contributed by atoms with van der Waals surface area (Å²) in [6, 6.07) is 0. The third kappa shape index (κ3) is 2.44. The molecule has 0 atom stereocenters. The minimum Gasteiger partial charge on any atom is -0.639 e. The average molecular weight is 108 g/mol. The first kappa shape index (κ1) is 7.27. The van der Waals surface area contributed by atoms with Crippen molar-refractivity contribution in [1.29, 1.82) is 0 Å². The van der Waals surface area contributed by atoms with Crippen LogP contribution >= 0.6 is 0 Å². The van der Waals surface area contributed by atoms with Crippen LogP contribution in [0.25, 0.3) is 5.32 Å². The van der Waals surface area contributed by atoms with Crippen LogP contribution in [-0.4, -0.2) is 19.4 Å². The van der Waals surface area contributed by atoms with Gasteiger partial charge < -0.3 is 10.3 Å². The molecular formula is C3H5KN2. The van der Waals surface area contributed by atoms with Crippen molar-refractivity contribution < 1.29 is 51.4 Å². The third-order valence-corrected chi connectivity index (χ3v) is 0.521. The van der Waals surface area contributed by atoms with E-state index in [1.165, 1.54) is 0 Å². The van der Waals surface area contributed by atoms with Gasteiger partial charge in [-0.2, -0.15) is 0 Å². The number of aliphatic imine (C=N–C) groups is 1. The first-order chi connectivity index (χ1) is 2.50. The number of hydrogen-bond acceptors (Lipinski definition) is 1. The maximum Gasteiger partial charge on any atom is 1.00 e. The fourth-order valence-electron chi connectivity index (χ4n) is 0.289. The van der Waals surface area contributed by atoms with E-state index >= 15 is 0 Å². The molecule has 0 radical (unpaired) electrons. The standard InChI is InChI=1S/C3H5N2.K/c1-2-5-3-4-1;/h1H,2-3H2;/q-1;+1. The van der Waals surface area contributed by atoms with E-state index in [2.05, 4.69) is 10.3 Å². The molecule has 0 amide bonds. The molecule has 1 heterocycles. The smallest absolute Gasteiger partial charge is 0.639 e. The van der Waals surface area contributed by atoms with Crippen molar-refractivity contribution in [3.05, 3.63) is 5.32 Å². The van der Waals surface area contributed by atoms with Gasteiger partial charge in [0.05, 0.1) is 0 Å². The van der Waals surface area contributed by atoms with Crippen molar-refractivity contribution in [3.63, 3.8) is 0 Å². The third-order valence-electron chi connectivity index (χ3n) is 0.521. The second-order valence-electron chi connectivity index (χ2n) is 0.913. The van der Waals surface area contributed by atoms with Crippen LogP contribution in [-0.2, 0) is 0 Å². The van der Waals surface area contributed by atoms with Gasteiger partial charge in [-0.15, -0.1) is 6.54 Å². The summed E-state index contributed by atoms with van der Waals surface area (Å²) >= 11 is 0. The molecule has 1 aliphatic rings.